The minimum atomic E-state index is -0.0228. The highest BCUT2D eigenvalue weighted by atomic mass is 16.5. The molecule has 0 aliphatic carbocycles. The molecule has 0 spiro atoms. The molecular weight excluding hydrogens is 242 g/mol. The Morgan fingerprint density at radius 2 is 2.05 bits per heavy atom. The summed E-state index contributed by atoms with van der Waals surface area (Å²) in [6, 6.07) is 8.37. The van der Waals surface area contributed by atoms with Crippen molar-refractivity contribution < 1.29 is 14.3 Å². The first-order valence-electron chi connectivity index (χ1n) is 6.87. The summed E-state index contributed by atoms with van der Waals surface area (Å²) in [6.45, 7) is 1.59. The Morgan fingerprint density at radius 3 is 2.68 bits per heavy atom. The molecule has 2 atom stereocenters. The summed E-state index contributed by atoms with van der Waals surface area (Å²) in [5.74, 6) is 0.884. The maximum absolute atomic E-state index is 11.8. The molecule has 19 heavy (non-hydrogen) atoms. The number of anilines is 1. The maximum Gasteiger partial charge on any atom is 0.311 e. The van der Waals surface area contributed by atoms with Crippen LogP contribution >= 0.6 is 0 Å². The predicted molar refractivity (Wildman–Crippen MR) is 72.4 cm³/mol. The van der Waals surface area contributed by atoms with Gasteiger partial charge in [0.05, 0.1) is 19.6 Å². The van der Waals surface area contributed by atoms with Crippen LogP contribution in [0.25, 0.3) is 0 Å². The van der Waals surface area contributed by atoms with E-state index in [0.717, 1.165) is 31.6 Å². The third-order valence-corrected chi connectivity index (χ3v) is 4.14. The van der Waals surface area contributed by atoms with Crippen molar-refractivity contribution in [2.24, 2.45) is 5.92 Å². The lowest BCUT2D eigenvalue weighted by atomic mass is 9.96. The van der Waals surface area contributed by atoms with Gasteiger partial charge in [-0.25, -0.2) is 0 Å². The molecule has 2 aliphatic rings. The molecular formula is C15H19NO3. The van der Waals surface area contributed by atoms with E-state index in [4.69, 9.17) is 9.47 Å². The molecule has 0 radical (unpaired) electrons. The van der Waals surface area contributed by atoms with Gasteiger partial charge in [0.25, 0.3) is 0 Å². The Kier molecular flexibility index (Phi) is 3.32. The van der Waals surface area contributed by atoms with Gasteiger partial charge >= 0.3 is 5.97 Å². The third-order valence-electron chi connectivity index (χ3n) is 4.14. The van der Waals surface area contributed by atoms with Crippen molar-refractivity contribution >= 4 is 11.7 Å². The Labute approximate surface area is 113 Å². The largest absolute Gasteiger partial charge is 0.497 e. The summed E-state index contributed by atoms with van der Waals surface area (Å²) in [7, 11) is 1.67. The molecule has 0 unspecified atom stereocenters. The first kappa shape index (κ1) is 12.3. The lowest BCUT2D eigenvalue weighted by molar-refractivity contribution is -0.141. The van der Waals surface area contributed by atoms with Crippen LogP contribution in [0.15, 0.2) is 24.3 Å². The maximum atomic E-state index is 11.8. The summed E-state index contributed by atoms with van der Waals surface area (Å²) < 4.78 is 10.3. The van der Waals surface area contributed by atoms with Crippen LogP contribution in [0.4, 0.5) is 5.69 Å². The molecule has 2 fully saturated rings. The standard InChI is InChI=1S/C15H19NO3/c1-18-12-6-4-11(5-7-12)16-9-2-3-14(16)13-8-10-19-15(13)17/h4-7,13-14H,2-3,8-10H2,1H3/t13-,14-/m1/s1. The van der Waals surface area contributed by atoms with Crippen LogP contribution in [0.1, 0.15) is 19.3 Å². The molecule has 1 aromatic carbocycles. The zero-order valence-corrected chi connectivity index (χ0v) is 11.2. The molecule has 1 aromatic rings. The third kappa shape index (κ3) is 2.27. The topological polar surface area (TPSA) is 38.8 Å². The number of carbonyl (C=O) groups is 1. The van der Waals surface area contributed by atoms with Gasteiger partial charge in [0, 0.05) is 18.3 Å². The molecule has 3 rings (SSSR count). The first-order valence-corrected chi connectivity index (χ1v) is 6.87. The molecule has 0 aromatic heterocycles. The molecule has 4 heteroatoms. The highest BCUT2D eigenvalue weighted by Crippen LogP contribution is 2.34. The van der Waals surface area contributed by atoms with Crippen LogP contribution in [0.2, 0.25) is 0 Å². The van der Waals surface area contributed by atoms with Gasteiger partial charge in [-0.15, -0.1) is 0 Å². The minimum Gasteiger partial charge on any atom is -0.497 e. The van der Waals surface area contributed by atoms with Crippen molar-refractivity contribution in [2.75, 3.05) is 25.2 Å². The van der Waals surface area contributed by atoms with Crippen molar-refractivity contribution in [3.05, 3.63) is 24.3 Å². The van der Waals surface area contributed by atoms with E-state index in [1.165, 1.54) is 5.69 Å². The Bertz CT molecular complexity index is 457. The van der Waals surface area contributed by atoms with Crippen LogP contribution in [0.3, 0.4) is 0 Å². The quantitative estimate of drug-likeness (QED) is 0.782. The molecule has 0 bridgehead atoms. The van der Waals surface area contributed by atoms with Crippen molar-refractivity contribution in [3.8, 4) is 5.75 Å². The van der Waals surface area contributed by atoms with Gasteiger partial charge in [-0.3, -0.25) is 4.79 Å². The van der Waals surface area contributed by atoms with E-state index in [1.54, 1.807) is 7.11 Å². The minimum absolute atomic E-state index is 0.0228. The van der Waals surface area contributed by atoms with Crippen molar-refractivity contribution in [1.29, 1.82) is 0 Å². The fourth-order valence-corrected chi connectivity index (χ4v) is 3.17. The predicted octanol–water partition coefficient (Wildman–Crippen LogP) is 2.23. The molecule has 0 N–H and O–H groups in total. The van der Waals surface area contributed by atoms with Crippen molar-refractivity contribution in [3.63, 3.8) is 0 Å². The van der Waals surface area contributed by atoms with Crippen LogP contribution < -0.4 is 9.64 Å². The average molecular weight is 261 g/mol. The molecule has 2 heterocycles. The number of benzene rings is 1. The summed E-state index contributed by atoms with van der Waals surface area (Å²) in [5, 5.41) is 0. The first-order chi connectivity index (χ1) is 9.29. The summed E-state index contributed by atoms with van der Waals surface area (Å²) in [4.78, 5) is 14.1. The van der Waals surface area contributed by atoms with E-state index in [2.05, 4.69) is 17.0 Å². The second kappa shape index (κ2) is 5.11. The Balaban J connectivity index is 1.80. The van der Waals surface area contributed by atoms with Crippen LogP contribution in [-0.2, 0) is 9.53 Å². The second-order valence-electron chi connectivity index (χ2n) is 5.16. The van der Waals surface area contributed by atoms with E-state index in [0.29, 0.717) is 12.6 Å². The van der Waals surface area contributed by atoms with E-state index in [-0.39, 0.29) is 11.9 Å². The van der Waals surface area contributed by atoms with Gasteiger partial charge in [0.1, 0.15) is 5.75 Å². The number of cyclic esters (lactones) is 1. The van der Waals surface area contributed by atoms with E-state index >= 15 is 0 Å². The zero-order valence-electron chi connectivity index (χ0n) is 11.2. The summed E-state index contributed by atoms with van der Waals surface area (Å²) >= 11 is 0. The molecule has 0 amide bonds. The molecule has 2 aliphatic heterocycles. The van der Waals surface area contributed by atoms with Gasteiger partial charge in [-0.1, -0.05) is 0 Å². The Morgan fingerprint density at radius 1 is 1.26 bits per heavy atom. The van der Waals surface area contributed by atoms with E-state index < -0.39 is 0 Å². The number of esters is 1. The molecule has 4 nitrogen and oxygen atoms in total. The number of hydrogen-bond acceptors (Lipinski definition) is 4. The Hall–Kier alpha value is -1.71. The molecule has 2 saturated heterocycles. The zero-order chi connectivity index (χ0) is 13.2. The average Bonchev–Trinajstić information content (AvgIpc) is 3.07. The van der Waals surface area contributed by atoms with Gasteiger partial charge in [-0.2, -0.15) is 0 Å². The number of carbonyl (C=O) groups excluding carboxylic acids is 1. The van der Waals surface area contributed by atoms with Crippen molar-refractivity contribution in [1.82, 2.24) is 0 Å². The van der Waals surface area contributed by atoms with Gasteiger partial charge in [-0.05, 0) is 43.5 Å². The van der Waals surface area contributed by atoms with Crippen molar-refractivity contribution in [2.45, 2.75) is 25.3 Å². The number of rotatable bonds is 3. The van der Waals surface area contributed by atoms with Crippen LogP contribution in [0, 0.1) is 5.92 Å². The summed E-state index contributed by atoms with van der Waals surface area (Å²) in [6.07, 6.45) is 3.07. The lowest BCUT2D eigenvalue weighted by Gasteiger charge is -2.29. The smallest absolute Gasteiger partial charge is 0.311 e. The molecule has 102 valence electrons. The molecule has 0 saturated carbocycles. The number of hydrogen-bond donors (Lipinski definition) is 0. The van der Waals surface area contributed by atoms with Gasteiger partial charge < -0.3 is 14.4 Å². The highest BCUT2D eigenvalue weighted by Gasteiger charge is 2.39. The fourth-order valence-electron chi connectivity index (χ4n) is 3.17. The number of nitrogens with zero attached hydrogens (tertiary/aromatic N) is 1. The van der Waals surface area contributed by atoms with Gasteiger partial charge in [0.15, 0.2) is 0 Å². The SMILES string of the molecule is COc1ccc(N2CCC[C@@H]2[C@H]2CCOC2=O)cc1. The number of methoxy groups -OCH3 is 1. The lowest BCUT2D eigenvalue weighted by Crippen LogP contribution is -2.37. The monoisotopic (exact) mass is 261 g/mol. The second-order valence-corrected chi connectivity index (χ2v) is 5.16. The highest BCUT2D eigenvalue weighted by molar-refractivity contribution is 5.76. The van der Waals surface area contributed by atoms with Gasteiger partial charge in [0.2, 0.25) is 0 Å². The summed E-state index contributed by atoms with van der Waals surface area (Å²) in [5.41, 5.74) is 1.17. The van der Waals surface area contributed by atoms with E-state index in [1.807, 2.05) is 12.1 Å². The fraction of sp³-hybridized carbons (Fsp3) is 0.533. The van der Waals surface area contributed by atoms with Crippen LogP contribution in [0.5, 0.6) is 5.75 Å². The van der Waals surface area contributed by atoms with E-state index in [9.17, 15) is 4.79 Å². The van der Waals surface area contributed by atoms with Crippen LogP contribution in [-0.4, -0.2) is 32.3 Å². The normalized spacial score (nSPS) is 26.6. The number of ether oxygens (including phenoxy) is 2.